The maximum atomic E-state index is 3.57. The van der Waals surface area contributed by atoms with Crippen LogP contribution in [0.3, 0.4) is 0 Å². The van der Waals surface area contributed by atoms with E-state index in [-0.39, 0.29) is 0 Å². The monoisotopic (exact) mass is 319 g/mol. The SMILES string of the molecule is CC(C)N(C)c1ccc(CBr)c(Br)c1. The topological polar surface area (TPSA) is 3.24 Å². The molecule has 1 aromatic rings. The number of nitrogens with zero attached hydrogens (tertiary/aromatic N) is 1. The van der Waals surface area contributed by atoms with Gasteiger partial charge in [-0.2, -0.15) is 0 Å². The highest BCUT2D eigenvalue weighted by molar-refractivity contribution is 9.10. The Hall–Kier alpha value is -0.0200. The second-order valence-electron chi connectivity index (χ2n) is 3.61. The fourth-order valence-corrected chi connectivity index (χ4v) is 2.53. The van der Waals surface area contributed by atoms with Gasteiger partial charge < -0.3 is 4.90 Å². The van der Waals surface area contributed by atoms with Crippen molar-refractivity contribution >= 4 is 37.5 Å². The van der Waals surface area contributed by atoms with Crippen molar-refractivity contribution in [3.63, 3.8) is 0 Å². The summed E-state index contributed by atoms with van der Waals surface area (Å²) in [6.07, 6.45) is 0. The molecule has 0 atom stereocenters. The molecule has 0 fully saturated rings. The van der Waals surface area contributed by atoms with Gasteiger partial charge in [0.15, 0.2) is 0 Å². The van der Waals surface area contributed by atoms with Crippen molar-refractivity contribution in [1.82, 2.24) is 0 Å². The second kappa shape index (κ2) is 5.17. The summed E-state index contributed by atoms with van der Waals surface area (Å²) in [6.45, 7) is 4.37. The van der Waals surface area contributed by atoms with E-state index in [1.165, 1.54) is 15.7 Å². The van der Waals surface area contributed by atoms with Gasteiger partial charge >= 0.3 is 0 Å². The van der Waals surface area contributed by atoms with Crippen molar-refractivity contribution in [2.45, 2.75) is 25.2 Å². The predicted octanol–water partition coefficient (Wildman–Crippen LogP) is 4.19. The van der Waals surface area contributed by atoms with Gasteiger partial charge in [0.05, 0.1) is 0 Å². The zero-order valence-electron chi connectivity index (χ0n) is 8.72. The molecule has 78 valence electrons. The molecule has 0 N–H and O–H groups in total. The third-order valence-electron chi connectivity index (χ3n) is 2.36. The van der Waals surface area contributed by atoms with Gasteiger partial charge in [-0.15, -0.1) is 0 Å². The number of rotatable bonds is 3. The third-order valence-corrected chi connectivity index (χ3v) is 3.70. The lowest BCUT2D eigenvalue weighted by Gasteiger charge is -2.24. The first kappa shape index (κ1) is 12.1. The largest absolute Gasteiger partial charge is 0.372 e. The van der Waals surface area contributed by atoms with E-state index in [1.54, 1.807) is 0 Å². The lowest BCUT2D eigenvalue weighted by molar-refractivity contribution is 0.754. The average molecular weight is 321 g/mol. The molecule has 0 aliphatic heterocycles. The Labute approximate surface area is 103 Å². The van der Waals surface area contributed by atoms with Crippen LogP contribution in [0.1, 0.15) is 19.4 Å². The Kier molecular flexibility index (Phi) is 4.45. The number of anilines is 1. The summed E-state index contributed by atoms with van der Waals surface area (Å²) in [4.78, 5) is 2.25. The van der Waals surface area contributed by atoms with Crippen molar-refractivity contribution in [3.8, 4) is 0 Å². The summed E-state index contributed by atoms with van der Waals surface area (Å²) < 4.78 is 1.17. The summed E-state index contributed by atoms with van der Waals surface area (Å²) in [7, 11) is 2.11. The van der Waals surface area contributed by atoms with Crippen molar-refractivity contribution in [3.05, 3.63) is 28.2 Å². The first-order chi connectivity index (χ1) is 6.56. The number of hydrogen-bond donors (Lipinski definition) is 0. The van der Waals surface area contributed by atoms with Crippen LogP contribution in [0.2, 0.25) is 0 Å². The van der Waals surface area contributed by atoms with E-state index >= 15 is 0 Å². The average Bonchev–Trinajstić information content (AvgIpc) is 2.16. The minimum absolute atomic E-state index is 0.525. The number of benzene rings is 1. The van der Waals surface area contributed by atoms with Crippen LogP contribution in [0.15, 0.2) is 22.7 Å². The Bertz CT molecular complexity index is 310. The van der Waals surface area contributed by atoms with E-state index < -0.39 is 0 Å². The molecule has 0 aromatic heterocycles. The summed E-state index contributed by atoms with van der Waals surface area (Å²) in [5.41, 5.74) is 2.53. The van der Waals surface area contributed by atoms with Crippen LogP contribution in [-0.2, 0) is 5.33 Å². The van der Waals surface area contributed by atoms with Crippen molar-refractivity contribution in [1.29, 1.82) is 0 Å². The smallest absolute Gasteiger partial charge is 0.0377 e. The molecule has 1 rings (SSSR count). The van der Waals surface area contributed by atoms with E-state index in [1.807, 2.05) is 0 Å². The Morgan fingerprint density at radius 3 is 2.43 bits per heavy atom. The van der Waals surface area contributed by atoms with Crippen LogP contribution in [0.5, 0.6) is 0 Å². The van der Waals surface area contributed by atoms with Gasteiger partial charge in [-0.05, 0) is 31.5 Å². The molecule has 0 heterocycles. The molecule has 0 saturated carbocycles. The minimum atomic E-state index is 0.525. The minimum Gasteiger partial charge on any atom is -0.372 e. The lowest BCUT2D eigenvalue weighted by Crippen LogP contribution is -2.25. The molecule has 0 aliphatic rings. The molecule has 0 unspecified atom stereocenters. The van der Waals surface area contributed by atoms with Gasteiger partial charge in [0.1, 0.15) is 0 Å². The van der Waals surface area contributed by atoms with Gasteiger partial charge in [0.25, 0.3) is 0 Å². The fraction of sp³-hybridized carbons (Fsp3) is 0.455. The molecule has 1 aromatic carbocycles. The molecule has 14 heavy (non-hydrogen) atoms. The van der Waals surface area contributed by atoms with E-state index in [2.05, 4.69) is 75.9 Å². The maximum absolute atomic E-state index is 3.57. The van der Waals surface area contributed by atoms with Gasteiger partial charge in [-0.3, -0.25) is 0 Å². The van der Waals surface area contributed by atoms with Crippen LogP contribution < -0.4 is 4.90 Å². The third kappa shape index (κ3) is 2.74. The van der Waals surface area contributed by atoms with E-state index in [0.29, 0.717) is 6.04 Å². The molecule has 0 aliphatic carbocycles. The molecule has 0 radical (unpaired) electrons. The fourth-order valence-electron chi connectivity index (χ4n) is 1.16. The molecule has 0 spiro atoms. The highest BCUT2D eigenvalue weighted by atomic mass is 79.9. The molecular weight excluding hydrogens is 306 g/mol. The van der Waals surface area contributed by atoms with Crippen LogP contribution in [0.25, 0.3) is 0 Å². The highest BCUT2D eigenvalue weighted by Gasteiger charge is 2.06. The Balaban J connectivity index is 2.96. The quantitative estimate of drug-likeness (QED) is 0.755. The van der Waals surface area contributed by atoms with Crippen LogP contribution in [0.4, 0.5) is 5.69 Å². The number of halogens is 2. The summed E-state index contributed by atoms with van der Waals surface area (Å²) in [5, 5.41) is 0.888. The zero-order chi connectivity index (χ0) is 10.7. The Morgan fingerprint density at radius 1 is 1.36 bits per heavy atom. The van der Waals surface area contributed by atoms with Crippen LogP contribution >= 0.6 is 31.9 Å². The highest BCUT2D eigenvalue weighted by Crippen LogP contribution is 2.25. The standard InChI is InChI=1S/C11H15Br2N/c1-8(2)14(3)10-5-4-9(7-12)11(13)6-10/h4-6,8H,7H2,1-3H3. The molecule has 0 saturated heterocycles. The van der Waals surface area contributed by atoms with Gasteiger partial charge in [-0.1, -0.05) is 37.9 Å². The zero-order valence-corrected chi connectivity index (χ0v) is 11.9. The van der Waals surface area contributed by atoms with Gasteiger partial charge in [0.2, 0.25) is 0 Å². The van der Waals surface area contributed by atoms with E-state index in [0.717, 1.165) is 5.33 Å². The Morgan fingerprint density at radius 2 is 2.00 bits per heavy atom. The van der Waals surface area contributed by atoms with Gasteiger partial charge in [-0.25, -0.2) is 0 Å². The van der Waals surface area contributed by atoms with Crippen LogP contribution in [-0.4, -0.2) is 13.1 Å². The molecule has 0 bridgehead atoms. The lowest BCUT2D eigenvalue weighted by atomic mass is 10.2. The van der Waals surface area contributed by atoms with Gasteiger partial charge in [0, 0.05) is 28.6 Å². The second-order valence-corrected chi connectivity index (χ2v) is 5.03. The molecule has 0 amide bonds. The molecule has 3 heteroatoms. The first-order valence-corrected chi connectivity index (χ1v) is 6.55. The molecule has 1 nitrogen and oxygen atoms in total. The first-order valence-electron chi connectivity index (χ1n) is 4.63. The maximum Gasteiger partial charge on any atom is 0.0377 e. The van der Waals surface area contributed by atoms with E-state index in [4.69, 9.17) is 0 Å². The summed E-state index contributed by atoms with van der Waals surface area (Å²) in [5.74, 6) is 0. The summed E-state index contributed by atoms with van der Waals surface area (Å²) in [6, 6.07) is 6.99. The van der Waals surface area contributed by atoms with Crippen LogP contribution in [0, 0.1) is 0 Å². The number of alkyl halides is 1. The normalized spacial score (nSPS) is 10.7. The predicted molar refractivity (Wildman–Crippen MR) is 70.3 cm³/mol. The van der Waals surface area contributed by atoms with E-state index in [9.17, 15) is 0 Å². The number of hydrogen-bond acceptors (Lipinski definition) is 1. The molecular formula is C11H15Br2N. The van der Waals surface area contributed by atoms with Crippen molar-refractivity contribution in [2.24, 2.45) is 0 Å². The van der Waals surface area contributed by atoms with Crippen molar-refractivity contribution < 1.29 is 0 Å². The summed E-state index contributed by atoms with van der Waals surface area (Å²) >= 11 is 7.02. The van der Waals surface area contributed by atoms with Crippen molar-refractivity contribution in [2.75, 3.05) is 11.9 Å².